The number of rotatable bonds is 57. The van der Waals surface area contributed by atoms with E-state index < -0.39 is 231 Å². The first-order valence-electron chi connectivity index (χ1n) is 38.4. The third-order valence-electron chi connectivity index (χ3n) is 16.3. The highest BCUT2D eigenvalue weighted by atomic mass is 16.8. The van der Waals surface area contributed by atoms with Gasteiger partial charge in [0.1, 0.15) is 62.2 Å². The Morgan fingerprint density at radius 1 is 0.311 bits per heavy atom. The first-order valence-corrected chi connectivity index (χ1v) is 38.4. The van der Waals surface area contributed by atoms with E-state index in [1.807, 2.05) is 6.92 Å². The Kier molecular flexibility index (Phi) is 50.4. The van der Waals surface area contributed by atoms with E-state index in [0.29, 0.717) is 19.8 Å². The Morgan fingerprint density at radius 3 is 1.00 bits per heavy atom. The average Bonchev–Trinajstić information content (AvgIpc) is 0.797. The molecule has 3 saturated heterocycles. The summed E-state index contributed by atoms with van der Waals surface area (Å²) < 4.78 is 117. The van der Waals surface area contributed by atoms with Gasteiger partial charge in [0.05, 0.1) is 92.5 Å². The molecule has 3 aliphatic rings. The van der Waals surface area contributed by atoms with Crippen LogP contribution in [0.25, 0.3) is 0 Å². The minimum absolute atomic E-state index is 0.0982. The first kappa shape index (κ1) is 104. The lowest BCUT2D eigenvalue weighted by Gasteiger charge is -2.44. The molecular weight excluding hydrogens is 1600 g/mol. The average molecular weight is 1710 g/mol. The van der Waals surface area contributed by atoms with E-state index in [4.69, 9.17) is 99.5 Å². The van der Waals surface area contributed by atoms with E-state index >= 15 is 0 Å². The Morgan fingerprint density at radius 2 is 0.630 bits per heavy atom. The lowest BCUT2D eigenvalue weighted by Crippen LogP contribution is -2.66. The van der Waals surface area contributed by atoms with Gasteiger partial charge in [0.2, 0.25) is 53.5 Å². The Hall–Kier alpha value is -9.33. The molecule has 3 rings (SSSR count). The molecule has 0 aromatic heterocycles. The fourth-order valence-electron chi connectivity index (χ4n) is 11.6. The number of ether oxygens (including phenoxy) is 21. The molecule has 3 aliphatic heterocycles. The third kappa shape index (κ3) is 43.5. The molecule has 8 N–H and O–H groups in total. The van der Waals surface area contributed by atoms with Crippen molar-refractivity contribution in [1.82, 2.24) is 42.5 Å². The molecule has 0 bridgehead atoms. The van der Waals surface area contributed by atoms with Gasteiger partial charge in [-0.05, 0) is 26.7 Å². The predicted molar refractivity (Wildman–Crippen MR) is 396 cm³/mol. The number of hydrogen-bond acceptors (Lipinski definition) is 38. The normalized spacial score (nSPS) is 23.0. The second-order valence-electron chi connectivity index (χ2n) is 26.6. The maximum absolute atomic E-state index is 14.1. The van der Waals surface area contributed by atoms with Gasteiger partial charge < -0.3 is 142 Å². The first-order chi connectivity index (χ1) is 56.5. The molecule has 3 heterocycles. The summed E-state index contributed by atoms with van der Waals surface area (Å²) in [6.45, 7) is 12.8. The molecule has 46 heteroatoms. The number of ketones is 1. The van der Waals surface area contributed by atoms with Gasteiger partial charge in [0.25, 0.3) is 0 Å². The van der Waals surface area contributed by atoms with Crippen molar-refractivity contribution in [2.24, 2.45) is 0 Å². The second kappa shape index (κ2) is 57.8. The van der Waals surface area contributed by atoms with Gasteiger partial charge in [-0.15, -0.1) is 0 Å². The zero-order valence-electron chi connectivity index (χ0n) is 69.2. The van der Waals surface area contributed by atoms with E-state index in [1.165, 1.54) is 13.8 Å². The maximum Gasteiger partial charge on any atom is 0.303 e. The zero-order valence-corrected chi connectivity index (χ0v) is 69.2. The van der Waals surface area contributed by atoms with Crippen LogP contribution in [0.5, 0.6) is 0 Å². The topological polar surface area (TPSA) is 580 Å². The number of amides is 8. The summed E-state index contributed by atoms with van der Waals surface area (Å²) in [6.07, 6.45) is -18.6. The van der Waals surface area contributed by atoms with Crippen molar-refractivity contribution in [3.8, 4) is 0 Å². The second-order valence-corrected chi connectivity index (χ2v) is 26.6. The SMILES string of the molecule is CCOCCOCCOCCC(=O)NC(CCC(=O)NC(CCC(=O)NCCOCCOC1OC(COC(C)=O)C(OC(C)=O)C(OC(C)=O)C1NC(C)=O)C(=O)NCCOCCOC1OC(COC(C)=O)C(OC(C)=O)C(OC(C)=O)C1NC(C)=O)C(=O)NCCOCCOC1OC(OCC(C)=O)C(OC(C)=O)C(OC(C)=O)C1NC(C)=O. The third-order valence-corrected chi connectivity index (χ3v) is 16.3. The summed E-state index contributed by atoms with van der Waals surface area (Å²) in [4.78, 5) is 215. The van der Waals surface area contributed by atoms with E-state index in [0.717, 1.165) is 69.2 Å². The van der Waals surface area contributed by atoms with Crippen LogP contribution in [-0.2, 0) is 181 Å². The number of esters is 8. The smallest absolute Gasteiger partial charge is 0.303 e. The summed E-state index contributed by atoms with van der Waals surface area (Å²) >= 11 is 0. The van der Waals surface area contributed by atoms with Gasteiger partial charge in [0, 0.05) is 122 Å². The minimum Gasteiger partial charge on any atom is -0.463 e. The predicted octanol–water partition coefficient (Wildman–Crippen LogP) is -4.61. The summed E-state index contributed by atoms with van der Waals surface area (Å²) in [6, 6.07) is -6.68. The summed E-state index contributed by atoms with van der Waals surface area (Å²) in [5.41, 5.74) is 0. The molecule has 676 valence electrons. The van der Waals surface area contributed by atoms with Crippen LogP contribution in [0.2, 0.25) is 0 Å². The standard InChI is InChI=1S/C73H116N8O38/c1-14-99-27-28-104-30-29-100-23-19-58(96)81-53(69(98)76-22-26-103-33-36-107-72-61(79-43(5)85)66(115-50(12)92)67(116-51(13)93)73(119-72)110-37-40(2)82)16-18-57(95)80-52(68(97)75-21-25-102-32-35-106-71-60(78-42(4)84)65(114-49(11)91)63(112-47(9)89)55(118-71)39-109-45(7)87)15-17-56(94)74-20-24-101-31-34-105-70-59(77-41(3)83)64(113-48(10)90)62(111-46(8)88)54(117-70)38-108-44(6)86/h52-55,59-67,70-73H,14-39H2,1-13H3,(H,74,94)(H,75,97)(H,76,98)(H,77,83)(H,78,84)(H,79,85)(H,80,95)(H,81,96). The fraction of sp³-hybridized carbons (Fsp3) is 0.767. The van der Waals surface area contributed by atoms with Crippen molar-refractivity contribution in [2.45, 2.75) is 226 Å². The van der Waals surface area contributed by atoms with Gasteiger partial charge in [-0.25, -0.2) is 0 Å². The monoisotopic (exact) mass is 1710 g/mol. The molecule has 17 atom stereocenters. The van der Waals surface area contributed by atoms with Gasteiger partial charge in [-0.1, -0.05) is 0 Å². The van der Waals surface area contributed by atoms with Crippen molar-refractivity contribution in [3.63, 3.8) is 0 Å². The maximum atomic E-state index is 14.1. The molecule has 0 spiro atoms. The highest BCUT2D eigenvalue weighted by molar-refractivity contribution is 5.90. The highest BCUT2D eigenvalue weighted by Gasteiger charge is 2.55. The molecule has 17 unspecified atom stereocenters. The van der Waals surface area contributed by atoms with Crippen LogP contribution in [0.4, 0.5) is 0 Å². The number of carbonyl (C=O) groups is 17. The lowest BCUT2D eigenvalue weighted by atomic mass is 9.96. The van der Waals surface area contributed by atoms with Crippen molar-refractivity contribution in [2.75, 3.05) is 139 Å². The van der Waals surface area contributed by atoms with Crippen LogP contribution in [0.1, 0.15) is 122 Å². The molecule has 0 aromatic carbocycles. The number of Topliss-reactive ketones (excluding diaryl/α,β-unsaturated/α-hetero) is 1. The molecular formula is C73H116N8O38. The van der Waals surface area contributed by atoms with Crippen LogP contribution in [0, 0.1) is 0 Å². The fourth-order valence-corrected chi connectivity index (χ4v) is 11.6. The summed E-state index contributed by atoms with van der Waals surface area (Å²) in [5, 5.41) is 20.8. The highest BCUT2D eigenvalue weighted by Crippen LogP contribution is 2.32. The minimum atomic E-state index is -1.53. The van der Waals surface area contributed by atoms with Crippen LogP contribution in [0.3, 0.4) is 0 Å². The van der Waals surface area contributed by atoms with Crippen molar-refractivity contribution in [3.05, 3.63) is 0 Å². The van der Waals surface area contributed by atoms with Gasteiger partial charge >= 0.3 is 47.8 Å². The molecule has 0 saturated carbocycles. The Balaban J connectivity index is 1.80. The summed E-state index contributed by atoms with van der Waals surface area (Å²) in [7, 11) is 0. The molecule has 8 amide bonds. The van der Waals surface area contributed by atoms with Crippen LogP contribution in [0.15, 0.2) is 0 Å². The molecule has 119 heavy (non-hydrogen) atoms. The Labute approximate surface area is 687 Å². The lowest BCUT2D eigenvalue weighted by molar-refractivity contribution is -0.329. The largest absolute Gasteiger partial charge is 0.463 e. The van der Waals surface area contributed by atoms with Crippen molar-refractivity contribution in [1.29, 1.82) is 0 Å². The van der Waals surface area contributed by atoms with Crippen LogP contribution < -0.4 is 42.5 Å². The molecule has 3 fully saturated rings. The van der Waals surface area contributed by atoms with E-state index in [9.17, 15) is 81.5 Å². The molecule has 0 aliphatic carbocycles. The number of nitrogens with one attached hydrogen (secondary N) is 8. The van der Waals surface area contributed by atoms with E-state index in [-0.39, 0.29) is 125 Å². The van der Waals surface area contributed by atoms with Gasteiger partial charge in [-0.2, -0.15) is 0 Å². The number of carbonyl (C=O) groups excluding carboxylic acids is 17. The van der Waals surface area contributed by atoms with Crippen molar-refractivity contribution >= 4 is 101 Å². The van der Waals surface area contributed by atoms with Crippen LogP contribution in [-0.4, -0.2) is 344 Å². The molecule has 0 aromatic rings. The van der Waals surface area contributed by atoms with Crippen LogP contribution >= 0.6 is 0 Å². The zero-order chi connectivity index (χ0) is 88.5. The Bertz CT molecular complexity index is 3280. The van der Waals surface area contributed by atoms with Gasteiger partial charge in [0.15, 0.2) is 61.3 Å². The molecule has 0 radical (unpaired) electrons. The summed E-state index contributed by atoms with van der Waals surface area (Å²) in [5.74, 6) is -12.4. The van der Waals surface area contributed by atoms with Gasteiger partial charge in [-0.3, -0.25) is 81.5 Å². The van der Waals surface area contributed by atoms with Crippen molar-refractivity contribution < 1.29 is 181 Å². The number of hydrogen-bond donors (Lipinski definition) is 8. The molecule has 46 nitrogen and oxygen atoms in total. The van der Waals surface area contributed by atoms with E-state index in [1.54, 1.807) is 0 Å². The quantitative estimate of drug-likeness (QED) is 0.0161. The van der Waals surface area contributed by atoms with E-state index in [2.05, 4.69) is 42.5 Å².